The SMILES string of the molecule is CC(=O)Oc1ccc(/C=C/C(=O)Oc2ccc(C(=N)N)cc2C(=O)c2ccccc2)cc1. The van der Waals surface area contributed by atoms with Gasteiger partial charge in [0.05, 0.1) is 5.56 Å². The number of amidine groups is 1. The van der Waals surface area contributed by atoms with Gasteiger partial charge in [0.2, 0.25) is 0 Å². The first-order chi connectivity index (χ1) is 15.3. The van der Waals surface area contributed by atoms with Crippen LogP contribution in [0.15, 0.2) is 78.9 Å². The Morgan fingerprint density at radius 1 is 0.875 bits per heavy atom. The van der Waals surface area contributed by atoms with E-state index in [4.69, 9.17) is 20.6 Å². The van der Waals surface area contributed by atoms with Crippen LogP contribution in [0, 0.1) is 5.41 Å². The van der Waals surface area contributed by atoms with E-state index in [0.717, 1.165) is 0 Å². The summed E-state index contributed by atoms with van der Waals surface area (Å²) in [6.45, 7) is 1.31. The van der Waals surface area contributed by atoms with Crippen molar-refractivity contribution in [1.29, 1.82) is 5.41 Å². The number of ketones is 1. The van der Waals surface area contributed by atoms with Gasteiger partial charge in [-0.2, -0.15) is 0 Å². The molecule has 32 heavy (non-hydrogen) atoms. The Kier molecular flexibility index (Phi) is 6.92. The summed E-state index contributed by atoms with van der Waals surface area (Å²) in [7, 11) is 0. The van der Waals surface area contributed by atoms with E-state index in [2.05, 4.69) is 0 Å². The number of carbonyl (C=O) groups is 3. The third-order valence-corrected chi connectivity index (χ3v) is 4.34. The fraction of sp³-hybridized carbons (Fsp3) is 0.0400. The van der Waals surface area contributed by atoms with E-state index in [1.54, 1.807) is 54.6 Å². The molecule has 0 aliphatic rings. The topological polar surface area (TPSA) is 120 Å². The predicted molar refractivity (Wildman–Crippen MR) is 120 cm³/mol. The number of carbonyl (C=O) groups excluding carboxylic acids is 3. The van der Waals surface area contributed by atoms with Crippen LogP contribution in [0.2, 0.25) is 0 Å². The van der Waals surface area contributed by atoms with Gasteiger partial charge in [0.15, 0.2) is 5.78 Å². The molecule has 0 aliphatic heterocycles. The van der Waals surface area contributed by atoms with Gasteiger partial charge in [-0.3, -0.25) is 15.0 Å². The highest BCUT2D eigenvalue weighted by atomic mass is 16.5. The lowest BCUT2D eigenvalue weighted by atomic mass is 10.00. The Morgan fingerprint density at radius 3 is 2.19 bits per heavy atom. The van der Waals surface area contributed by atoms with Crippen molar-refractivity contribution in [2.75, 3.05) is 0 Å². The highest BCUT2D eigenvalue weighted by Gasteiger charge is 2.18. The minimum absolute atomic E-state index is 0.0590. The number of ether oxygens (including phenoxy) is 2. The van der Waals surface area contributed by atoms with Gasteiger partial charge in [0.1, 0.15) is 17.3 Å². The molecule has 3 aromatic carbocycles. The Bertz CT molecular complexity index is 1200. The van der Waals surface area contributed by atoms with Crippen molar-refractivity contribution in [1.82, 2.24) is 0 Å². The molecule has 0 aliphatic carbocycles. The van der Waals surface area contributed by atoms with E-state index in [-0.39, 0.29) is 22.9 Å². The van der Waals surface area contributed by atoms with Crippen molar-refractivity contribution in [3.05, 3.63) is 101 Å². The number of nitrogens with one attached hydrogen (secondary N) is 1. The van der Waals surface area contributed by atoms with Gasteiger partial charge in [0.25, 0.3) is 0 Å². The molecule has 160 valence electrons. The van der Waals surface area contributed by atoms with E-state index in [0.29, 0.717) is 22.4 Å². The summed E-state index contributed by atoms with van der Waals surface area (Å²) in [6, 6.07) is 19.4. The van der Waals surface area contributed by atoms with Gasteiger partial charge in [-0.1, -0.05) is 42.5 Å². The van der Waals surface area contributed by atoms with Crippen LogP contribution in [-0.2, 0) is 9.59 Å². The molecular formula is C25H20N2O5. The van der Waals surface area contributed by atoms with Crippen LogP contribution in [0.5, 0.6) is 11.5 Å². The summed E-state index contributed by atoms with van der Waals surface area (Å²) >= 11 is 0. The molecule has 3 N–H and O–H groups in total. The molecule has 0 unspecified atom stereocenters. The maximum Gasteiger partial charge on any atom is 0.336 e. The Labute approximate surface area is 184 Å². The number of hydrogen-bond donors (Lipinski definition) is 2. The minimum Gasteiger partial charge on any atom is -0.427 e. The smallest absolute Gasteiger partial charge is 0.336 e. The summed E-state index contributed by atoms with van der Waals surface area (Å²) in [5, 5.41) is 7.62. The van der Waals surface area contributed by atoms with Gasteiger partial charge < -0.3 is 15.2 Å². The third-order valence-electron chi connectivity index (χ3n) is 4.34. The second-order valence-corrected chi connectivity index (χ2v) is 6.74. The number of hydrogen-bond acceptors (Lipinski definition) is 6. The highest BCUT2D eigenvalue weighted by molar-refractivity contribution is 6.12. The zero-order chi connectivity index (χ0) is 23.1. The summed E-state index contributed by atoms with van der Waals surface area (Å²) in [4.78, 5) is 36.3. The molecule has 0 saturated carbocycles. The molecule has 0 radical (unpaired) electrons. The third kappa shape index (κ3) is 5.76. The average Bonchev–Trinajstić information content (AvgIpc) is 2.78. The van der Waals surface area contributed by atoms with Crippen LogP contribution < -0.4 is 15.2 Å². The van der Waals surface area contributed by atoms with Crippen LogP contribution in [0.25, 0.3) is 6.08 Å². The first kappa shape index (κ1) is 22.2. The van der Waals surface area contributed by atoms with E-state index < -0.39 is 11.9 Å². The molecule has 0 bridgehead atoms. The van der Waals surface area contributed by atoms with Gasteiger partial charge >= 0.3 is 11.9 Å². The summed E-state index contributed by atoms with van der Waals surface area (Å²) in [5.74, 6) is -1.22. The second-order valence-electron chi connectivity index (χ2n) is 6.74. The van der Waals surface area contributed by atoms with E-state index >= 15 is 0 Å². The molecule has 0 fully saturated rings. The molecule has 0 heterocycles. The highest BCUT2D eigenvalue weighted by Crippen LogP contribution is 2.24. The summed E-state index contributed by atoms with van der Waals surface area (Å²) < 4.78 is 10.4. The van der Waals surface area contributed by atoms with Gasteiger partial charge in [-0.15, -0.1) is 0 Å². The fourth-order valence-corrected chi connectivity index (χ4v) is 2.83. The van der Waals surface area contributed by atoms with E-state index in [9.17, 15) is 14.4 Å². The molecule has 7 heteroatoms. The van der Waals surface area contributed by atoms with Crippen LogP contribution in [-0.4, -0.2) is 23.6 Å². The average molecular weight is 428 g/mol. The first-order valence-electron chi connectivity index (χ1n) is 9.60. The number of rotatable bonds is 7. The fourth-order valence-electron chi connectivity index (χ4n) is 2.83. The van der Waals surface area contributed by atoms with Crippen LogP contribution in [0.1, 0.15) is 34.0 Å². The molecule has 0 saturated heterocycles. The molecular weight excluding hydrogens is 408 g/mol. The molecule has 0 amide bonds. The van der Waals surface area contributed by atoms with Gasteiger partial charge in [-0.05, 0) is 42.0 Å². The Balaban J connectivity index is 1.80. The van der Waals surface area contributed by atoms with Crippen LogP contribution >= 0.6 is 0 Å². The maximum atomic E-state index is 13.0. The molecule has 3 aromatic rings. The number of esters is 2. The maximum absolute atomic E-state index is 13.0. The first-order valence-corrected chi connectivity index (χ1v) is 9.60. The zero-order valence-corrected chi connectivity index (χ0v) is 17.2. The Hall–Kier alpha value is -4.52. The quantitative estimate of drug-likeness (QED) is 0.148. The summed E-state index contributed by atoms with van der Waals surface area (Å²) in [5.41, 5.74) is 7.11. The minimum atomic E-state index is -0.688. The normalized spacial score (nSPS) is 10.5. The number of nitrogens with two attached hydrogens (primary N) is 1. The van der Waals surface area contributed by atoms with Crippen molar-refractivity contribution >= 4 is 29.6 Å². The number of nitrogen functional groups attached to an aromatic ring is 1. The van der Waals surface area contributed by atoms with E-state index in [1.165, 1.54) is 37.3 Å². The van der Waals surface area contributed by atoms with Crippen molar-refractivity contribution in [2.24, 2.45) is 5.73 Å². The van der Waals surface area contributed by atoms with E-state index in [1.807, 2.05) is 0 Å². The Morgan fingerprint density at radius 2 is 1.56 bits per heavy atom. The molecule has 0 aromatic heterocycles. The lowest BCUT2D eigenvalue weighted by Crippen LogP contribution is -2.14. The molecule has 3 rings (SSSR count). The van der Waals surface area contributed by atoms with Gasteiger partial charge in [0, 0.05) is 24.1 Å². The zero-order valence-electron chi connectivity index (χ0n) is 17.2. The standard InChI is InChI=1S/C25H20N2O5/c1-16(28)31-20-11-7-17(8-12-20)9-14-23(29)32-22-13-10-19(25(26)27)15-21(22)24(30)18-5-3-2-4-6-18/h2-15H,1H3,(H3,26,27)/b14-9+. The second kappa shape index (κ2) is 9.99. The monoisotopic (exact) mass is 428 g/mol. The number of benzene rings is 3. The largest absolute Gasteiger partial charge is 0.427 e. The molecule has 7 nitrogen and oxygen atoms in total. The lowest BCUT2D eigenvalue weighted by molar-refractivity contribution is -0.132. The summed E-state index contributed by atoms with van der Waals surface area (Å²) in [6.07, 6.45) is 2.75. The van der Waals surface area contributed by atoms with Gasteiger partial charge in [-0.25, -0.2) is 4.79 Å². The van der Waals surface area contributed by atoms with Crippen LogP contribution in [0.4, 0.5) is 0 Å². The predicted octanol–water partition coefficient (Wildman–Crippen LogP) is 3.75. The van der Waals surface area contributed by atoms with Crippen LogP contribution in [0.3, 0.4) is 0 Å². The lowest BCUT2D eigenvalue weighted by Gasteiger charge is -2.10. The van der Waals surface area contributed by atoms with Crippen molar-refractivity contribution < 1.29 is 23.9 Å². The van der Waals surface area contributed by atoms with Crippen molar-refractivity contribution in [3.8, 4) is 11.5 Å². The van der Waals surface area contributed by atoms with Crippen molar-refractivity contribution in [2.45, 2.75) is 6.92 Å². The molecule has 0 atom stereocenters. The molecule has 0 spiro atoms. The van der Waals surface area contributed by atoms with Crippen molar-refractivity contribution in [3.63, 3.8) is 0 Å².